The average molecular weight is 579 g/mol. The molecule has 1 rings (SSSR count). The maximum absolute atomic E-state index is 4.37. The summed E-state index contributed by atoms with van der Waals surface area (Å²) in [4.78, 5) is 0. The van der Waals surface area contributed by atoms with Gasteiger partial charge in [-0.2, -0.15) is 0 Å². The Kier molecular flexibility index (Phi) is 27.2. The molecule has 0 bridgehead atoms. The van der Waals surface area contributed by atoms with Crippen LogP contribution in [0.2, 0.25) is 0 Å². The summed E-state index contributed by atoms with van der Waals surface area (Å²) in [7, 11) is 7.56. The van der Waals surface area contributed by atoms with Gasteiger partial charge in [-0.1, -0.05) is 175 Å². The molecule has 0 N–H and O–H groups in total. The molecule has 0 unspecified atom stereocenters. The van der Waals surface area contributed by atoms with Crippen molar-refractivity contribution in [1.29, 1.82) is 0 Å². The Hall–Kier alpha value is 0.960. The van der Waals surface area contributed by atoms with Crippen LogP contribution in [0, 0.1) is 0 Å². The first-order chi connectivity index (χ1) is 17.4. The Morgan fingerprint density at radius 3 is 1.03 bits per heavy atom. The highest BCUT2D eigenvalue weighted by Crippen LogP contribution is 2.39. The van der Waals surface area contributed by atoms with Crippen molar-refractivity contribution < 1.29 is 0 Å². The second-order valence-electron chi connectivity index (χ2n) is 9.72. The third-order valence-electron chi connectivity index (χ3n) is 6.31. The van der Waals surface area contributed by atoms with Crippen molar-refractivity contribution in [2.24, 2.45) is 0 Å². The van der Waals surface area contributed by atoms with Crippen molar-refractivity contribution in [1.82, 2.24) is 10.2 Å². The highest BCUT2D eigenvalue weighted by Gasteiger charge is 2.06. The van der Waals surface area contributed by atoms with Crippen LogP contribution in [0.1, 0.15) is 155 Å². The van der Waals surface area contributed by atoms with Crippen molar-refractivity contribution in [3.63, 3.8) is 0 Å². The molecular formula is C28H54N2S5. The number of aromatic nitrogens is 2. The first-order valence-electron chi connectivity index (χ1n) is 14.8. The van der Waals surface area contributed by atoms with Crippen LogP contribution in [-0.2, 0) is 0 Å². The van der Waals surface area contributed by atoms with Crippen LogP contribution in [0.15, 0.2) is 8.68 Å². The van der Waals surface area contributed by atoms with Crippen LogP contribution in [0.25, 0.3) is 0 Å². The van der Waals surface area contributed by atoms with Crippen LogP contribution < -0.4 is 0 Å². The van der Waals surface area contributed by atoms with E-state index in [-0.39, 0.29) is 0 Å². The molecule has 0 aliphatic carbocycles. The monoisotopic (exact) mass is 578 g/mol. The fourth-order valence-electron chi connectivity index (χ4n) is 4.10. The quantitative estimate of drug-likeness (QED) is 0.0724. The molecule has 0 aromatic carbocycles. The van der Waals surface area contributed by atoms with Gasteiger partial charge in [0.05, 0.1) is 0 Å². The Morgan fingerprint density at radius 2 is 0.714 bits per heavy atom. The van der Waals surface area contributed by atoms with E-state index in [1.54, 1.807) is 11.3 Å². The lowest BCUT2D eigenvalue weighted by Gasteiger charge is -2.02. The van der Waals surface area contributed by atoms with Crippen molar-refractivity contribution in [3.8, 4) is 0 Å². The Bertz CT molecular complexity index is 497. The highest BCUT2D eigenvalue weighted by atomic mass is 33.1. The molecule has 0 amide bonds. The van der Waals surface area contributed by atoms with Gasteiger partial charge in [-0.25, -0.2) is 0 Å². The predicted octanol–water partition coefficient (Wildman–Crippen LogP) is 12.6. The van der Waals surface area contributed by atoms with E-state index < -0.39 is 0 Å². The summed E-state index contributed by atoms with van der Waals surface area (Å²) in [6, 6.07) is 0. The van der Waals surface area contributed by atoms with E-state index in [0.29, 0.717) is 0 Å². The van der Waals surface area contributed by atoms with Gasteiger partial charge >= 0.3 is 0 Å². The lowest BCUT2D eigenvalue weighted by Crippen LogP contribution is -1.83. The summed E-state index contributed by atoms with van der Waals surface area (Å²) in [6.07, 6.45) is 31.1. The fourth-order valence-corrected chi connectivity index (χ4v) is 9.97. The molecule has 1 heterocycles. The van der Waals surface area contributed by atoms with E-state index in [2.05, 4.69) is 24.0 Å². The zero-order valence-electron chi connectivity index (χ0n) is 22.9. The van der Waals surface area contributed by atoms with Crippen LogP contribution in [0.5, 0.6) is 0 Å². The SMILES string of the molecule is CCCCCCCCCCCCCSSc1nnc(SSCCCCCCCCCCCCC)s1. The maximum atomic E-state index is 4.37. The number of nitrogens with zero attached hydrogens (tertiary/aromatic N) is 2. The van der Waals surface area contributed by atoms with Crippen LogP contribution in [-0.4, -0.2) is 21.7 Å². The first-order valence-corrected chi connectivity index (χ1v) is 20.2. The molecular weight excluding hydrogens is 525 g/mol. The van der Waals surface area contributed by atoms with E-state index >= 15 is 0 Å². The number of hydrogen-bond acceptors (Lipinski definition) is 7. The van der Waals surface area contributed by atoms with Gasteiger partial charge in [-0.05, 0) is 34.4 Å². The van der Waals surface area contributed by atoms with Gasteiger partial charge in [0.15, 0.2) is 8.68 Å². The van der Waals surface area contributed by atoms with Crippen LogP contribution in [0.3, 0.4) is 0 Å². The number of hydrogen-bond donors (Lipinski definition) is 0. The van der Waals surface area contributed by atoms with E-state index in [0.717, 1.165) is 8.68 Å². The Balaban J connectivity index is 1.82. The maximum Gasteiger partial charge on any atom is 0.185 e. The predicted molar refractivity (Wildman–Crippen MR) is 169 cm³/mol. The summed E-state index contributed by atoms with van der Waals surface area (Å²) in [5, 5.41) is 8.73. The van der Waals surface area contributed by atoms with Gasteiger partial charge in [0.25, 0.3) is 0 Å². The third-order valence-corrected chi connectivity index (χ3v) is 12.7. The van der Waals surface area contributed by atoms with Crippen LogP contribution >= 0.6 is 54.5 Å². The molecule has 0 fully saturated rings. The molecule has 1 aromatic heterocycles. The van der Waals surface area contributed by atoms with Crippen LogP contribution in [0.4, 0.5) is 0 Å². The van der Waals surface area contributed by atoms with Gasteiger partial charge in [0.1, 0.15) is 0 Å². The lowest BCUT2D eigenvalue weighted by molar-refractivity contribution is 0.555. The van der Waals surface area contributed by atoms with Gasteiger partial charge in [0, 0.05) is 11.5 Å². The Labute approximate surface area is 238 Å². The normalized spacial score (nSPS) is 11.5. The second kappa shape index (κ2) is 28.0. The summed E-state index contributed by atoms with van der Waals surface area (Å²) in [6.45, 7) is 4.59. The van der Waals surface area contributed by atoms with E-state index in [9.17, 15) is 0 Å². The first kappa shape index (κ1) is 34.0. The number of rotatable bonds is 28. The largest absolute Gasteiger partial charge is 0.185 e. The zero-order valence-corrected chi connectivity index (χ0v) is 27.0. The molecule has 0 spiro atoms. The molecule has 0 radical (unpaired) electrons. The molecule has 35 heavy (non-hydrogen) atoms. The second-order valence-corrected chi connectivity index (χ2v) is 16.0. The molecule has 0 saturated carbocycles. The van der Waals surface area contributed by atoms with Crippen molar-refractivity contribution in [3.05, 3.63) is 0 Å². The van der Waals surface area contributed by atoms with E-state index in [1.807, 2.05) is 43.2 Å². The third kappa shape index (κ3) is 23.8. The smallest absolute Gasteiger partial charge is 0.130 e. The van der Waals surface area contributed by atoms with Gasteiger partial charge in [-0.15, -0.1) is 10.2 Å². The highest BCUT2D eigenvalue weighted by molar-refractivity contribution is 8.77. The molecule has 1 aromatic rings. The standard InChI is InChI=1S/C28H54N2S5/c1-3-5-7-9-11-13-15-17-19-21-23-25-31-34-27-29-30-28(33-27)35-32-26-24-22-20-18-16-14-12-10-8-6-4-2/h3-26H2,1-2H3. The van der Waals surface area contributed by atoms with Crippen molar-refractivity contribution in [2.75, 3.05) is 11.5 Å². The summed E-state index contributed by atoms with van der Waals surface area (Å²) < 4.78 is 2.24. The fraction of sp³-hybridized carbons (Fsp3) is 0.929. The summed E-state index contributed by atoms with van der Waals surface area (Å²) in [5.41, 5.74) is 0. The molecule has 206 valence electrons. The van der Waals surface area contributed by atoms with Crippen molar-refractivity contribution >= 4 is 54.5 Å². The topological polar surface area (TPSA) is 25.8 Å². The van der Waals surface area contributed by atoms with E-state index in [4.69, 9.17) is 0 Å². The molecule has 7 heteroatoms. The van der Waals surface area contributed by atoms with Gasteiger partial charge < -0.3 is 0 Å². The van der Waals surface area contributed by atoms with Gasteiger partial charge in [0.2, 0.25) is 0 Å². The lowest BCUT2D eigenvalue weighted by atomic mass is 10.1. The minimum absolute atomic E-state index is 1.12. The average Bonchev–Trinajstić information content (AvgIpc) is 3.32. The summed E-state index contributed by atoms with van der Waals surface area (Å²) >= 11 is 1.76. The van der Waals surface area contributed by atoms with Crippen molar-refractivity contribution in [2.45, 2.75) is 164 Å². The molecule has 0 saturated heterocycles. The molecule has 2 nitrogen and oxygen atoms in total. The zero-order chi connectivity index (χ0) is 25.1. The minimum Gasteiger partial charge on any atom is -0.130 e. The minimum atomic E-state index is 1.12. The summed E-state index contributed by atoms with van der Waals surface area (Å²) in [5.74, 6) is 2.47. The molecule has 0 aliphatic heterocycles. The van der Waals surface area contributed by atoms with E-state index in [1.165, 1.54) is 153 Å². The molecule has 0 atom stereocenters. The van der Waals surface area contributed by atoms with Gasteiger partial charge in [-0.3, -0.25) is 0 Å². The number of unbranched alkanes of at least 4 members (excludes halogenated alkanes) is 20. The molecule has 0 aliphatic rings. The Morgan fingerprint density at radius 1 is 0.429 bits per heavy atom.